The average molecular weight is 283 g/mol. The van der Waals surface area contributed by atoms with Gasteiger partial charge in [0.2, 0.25) is 0 Å². The summed E-state index contributed by atoms with van der Waals surface area (Å²) in [5.41, 5.74) is -0.752. The summed E-state index contributed by atoms with van der Waals surface area (Å²) < 4.78 is 41.3. The van der Waals surface area contributed by atoms with Crippen LogP contribution in [0.15, 0.2) is 18.5 Å². The van der Waals surface area contributed by atoms with Gasteiger partial charge in [-0.2, -0.15) is 5.10 Å². The molecule has 0 aliphatic heterocycles. The van der Waals surface area contributed by atoms with Crippen LogP contribution >= 0.6 is 0 Å². The van der Waals surface area contributed by atoms with Crippen molar-refractivity contribution in [2.45, 2.75) is 26.3 Å². The van der Waals surface area contributed by atoms with Crippen molar-refractivity contribution >= 4 is 5.78 Å². The molecule has 0 spiro atoms. The highest BCUT2D eigenvalue weighted by molar-refractivity contribution is 5.97. The Morgan fingerprint density at radius 2 is 1.90 bits per heavy atom. The first-order chi connectivity index (χ1) is 9.52. The van der Waals surface area contributed by atoms with E-state index in [1.54, 1.807) is 0 Å². The molecule has 2 aromatic rings. The highest BCUT2D eigenvalue weighted by Gasteiger charge is 2.21. The molecule has 0 saturated carbocycles. The van der Waals surface area contributed by atoms with Crippen molar-refractivity contribution in [3.05, 3.63) is 47.3 Å². The topological polar surface area (TPSA) is 47.8 Å². The first-order valence-corrected chi connectivity index (χ1v) is 6.07. The molecule has 0 unspecified atom stereocenters. The molecule has 0 atom stereocenters. The number of aromatic nitrogens is 3. The second-order valence-electron chi connectivity index (χ2n) is 4.24. The smallest absolute Gasteiger partial charge is 0.176 e. The third-order valence-electron chi connectivity index (χ3n) is 2.74. The maximum Gasteiger partial charge on any atom is 0.176 e. The van der Waals surface area contributed by atoms with Gasteiger partial charge in [-0.15, -0.1) is 0 Å². The molecule has 0 bridgehead atoms. The SMILES string of the molecule is CCCn1ncnc1CC(=O)c1c(F)cc(F)cc1F. The molecule has 0 amide bonds. The van der Waals surface area contributed by atoms with Crippen molar-refractivity contribution in [2.75, 3.05) is 0 Å². The number of Topliss-reactive ketones (excluding diaryl/α,β-unsaturated/α-hetero) is 1. The number of nitrogens with zero attached hydrogens (tertiary/aromatic N) is 3. The monoisotopic (exact) mass is 283 g/mol. The van der Waals surface area contributed by atoms with Crippen LogP contribution in [0.3, 0.4) is 0 Å². The largest absolute Gasteiger partial charge is 0.293 e. The Kier molecular flexibility index (Phi) is 4.16. The number of carbonyl (C=O) groups is 1. The molecule has 1 aromatic heterocycles. The highest BCUT2D eigenvalue weighted by Crippen LogP contribution is 2.17. The fraction of sp³-hybridized carbons (Fsp3) is 0.308. The number of hydrogen-bond donors (Lipinski definition) is 0. The van der Waals surface area contributed by atoms with Crippen LogP contribution in [0, 0.1) is 17.5 Å². The van der Waals surface area contributed by atoms with Gasteiger partial charge >= 0.3 is 0 Å². The fourth-order valence-electron chi connectivity index (χ4n) is 1.86. The Bertz CT molecular complexity index is 617. The first kappa shape index (κ1) is 14.2. The van der Waals surface area contributed by atoms with Crippen molar-refractivity contribution < 1.29 is 18.0 Å². The summed E-state index contributed by atoms with van der Waals surface area (Å²) in [6.45, 7) is 2.48. The zero-order valence-electron chi connectivity index (χ0n) is 10.7. The predicted octanol–water partition coefficient (Wildman–Crippen LogP) is 2.53. The standard InChI is InChI=1S/C13H12F3N3O/c1-2-3-19-12(17-7-18-19)6-11(20)13-9(15)4-8(14)5-10(13)16/h4-5,7H,2-3,6H2,1H3. The van der Waals surface area contributed by atoms with Crippen LogP contribution in [-0.2, 0) is 13.0 Å². The minimum atomic E-state index is -1.21. The molecule has 20 heavy (non-hydrogen) atoms. The van der Waals surface area contributed by atoms with Crippen molar-refractivity contribution in [1.82, 2.24) is 14.8 Å². The van der Waals surface area contributed by atoms with Gasteiger partial charge in [0.15, 0.2) is 5.78 Å². The highest BCUT2D eigenvalue weighted by atomic mass is 19.1. The van der Waals surface area contributed by atoms with Crippen LogP contribution in [0.1, 0.15) is 29.5 Å². The summed E-state index contributed by atoms with van der Waals surface area (Å²) in [5, 5.41) is 3.92. The van der Waals surface area contributed by atoms with Gasteiger partial charge in [0.05, 0.1) is 12.0 Å². The van der Waals surface area contributed by atoms with E-state index in [1.807, 2.05) is 6.92 Å². The lowest BCUT2D eigenvalue weighted by Crippen LogP contribution is -2.14. The number of hydrogen-bond acceptors (Lipinski definition) is 3. The molecule has 7 heteroatoms. The Morgan fingerprint density at radius 1 is 1.25 bits per heavy atom. The lowest BCUT2D eigenvalue weighted by atomic mass is 10.1. The summed E-state index contributed by atoms with van der Waals surface area (Å²) in [5.74, 6) is -3.97. The molecule has 1 heterocycles. The third kappa shape index (κ3) is 2.87. The Morgan fingerprint density at radius 3 is 2.50 bits per heavy atom. The van der Waals surface area contributed by atoms with Gasteiger partial charge < -0.3 is 0 Å². The van der Waals surface area contributed by atoms with Crippen molar-refractivity contribution in [3.8, 4) is 0 Å². The van der Waals surface area contributed by atoms with Gasteiger partial charge in [-0.25, -0.2) is 22.8 Å². The zero-order chi connectivity index (χ0) is 14.7. The van der Waals surface area contributed by atoms with E-state index in [4.69, 9.17) is 0 Å². The van der Waals surface area contributed by atoms with Crippen LogP contribution in [0.5, 0.6) is 0 Å². The Balaban J connectivity index is 2.26. The Labute approximate surface area is 113 Å². The van der Waals surface area contributed by atoms with Crippen LogP contribution in [-0.4, -0.2) is 20.5 Å². The molecular weight excluding hydrogens is 271 g/mol. The van der Waals surface area contributed by atoms with Crippen LogP contribution < -0.4 is 0 Å². The van der Waals surface area contributed by atoms with E-state index in [-0.39, 0.29) is 6.42 Å². The van der Waals surface area contributed by atoms with Gasteiger partial charge in [0.1, 0.15) is 29.6 Å². The van der Waals surface area contributed by atoms with E-state index in [2.05, 4.69) is 10.1 Å². The predicted molar refractivity (Wildman–Crippen MR) is 64.7 cm³/mol. The maximum absolute atomic E-state index is 13.5. The summed E-state index contributed by atoms with van der Waals surface area (Å²) >= 11 is 0. The number of ketones is 1. The number of halogens is 3. The van der Waals surface area contributed by atoms with Gasteiger partial charge in [-0.05, 0) is 6.42 Å². The molecule has 0 fully saturated rings. The normalized spacial score (nSPS) is 10.8. The van der Waals surface area contributed by atoms with E-state index in [0.717, 1.165) is 6.42 Å². The van der Waals surface area contributed by atoms with E-state index in [1.165, 1.54) is 11.0 Å². The van der Waals surface area contributed by atoms with Crippen molar-refractivity contribution in [2.24, 2.45) is 0 Å². The second-order valence-corrected chi connectivity index (χ2v) is 4.24. The maximum atomic E-state index is 13.5. The molecule has 0 aliphatic rings. The molecule has 4 nitrogen and oxygen atoms in total. The van der Waals surface area contributed by atoms with Gasteiger partial charge in [0, 0.05) is 18.7 Å². The van der Waals surface area contributed by atoms with Crippen LogP contribution in [0.25, 0.3) is 0 Å². The molecule has 0 N–H and O–H groups in total. The van der Waals surface area contributed by atoms with E-state index >= 15 is 0 Å². The molecule has 1 aromatic carbocycles. The van der Waals surface area contributed by atoms with E-state index in [0.29, 0.717) is 24.5 Å². The second kappa shape index (κ2) is 5.85. The third-order valence-corrected chi connectivity index (χ3v) is 2.74. The fourth-order valence-corrected chi connectivity index (χ4v) is 1.86. The molecule has 0 saturated heterocycles. The number of rotatable bonds is 5. The van der Waals surface area contributed by atoms with Crippen LogP contribution in [0.4, 0.5) is 13.2 Å². The summed E-state index contributed by atoms with van der Waals surface area (Å²) in [7, 11) is 0. The molecule has 106 valence electrons. The zero-order valence-corrected chi connectivity index (χ0v) is 10.7. The minimum absolute atomic E-state index is 0.292. The summed E-state index contributed by atoms with van der Waals surface area (Å²) in [6.07, 6.45) is 1.76. The van der Waals surface area contributed by atoms with Gasteiger partial charge in [-0.1, -0.05) is 6.92 Å². The molecule has 0 aliphatic carbocycles. The number of aryl methyl sites for hydroxylation is 1. The van der Waals surface area contributed by atoms with Crippen LogP contribution in [0.2, 0.25) is 0 Å². The van der Waals surface area contributed by atoms with Gasteiger partial charge in [-0.3, -0.25) is 4.79 Å². The summed E-state index contributed by atoms with van der Waals surface area (Å²) in [6, 6.07) is 0.958. The lowest BCUT2D eigenvalue weighted by molar-refractivity contribution is 0.0981. The molecule has 0 radical (unpaired) electrons. The van der Waals surface area contributed by atoms with E-state index in [9.17, 15) is 18.0 Å². The minimum Gasteiger partial charge on any atom is -0.293 e. The molecular formula is C13H12F3N3O. The average Bonchev–Trinajstić information content (AvgIpc) is 2.75. The van der Waals surface area contributed by atoms with Gasteiger partial charge in [0.25, 0.3) is 0 Å². The van der Waals surface area contributed by atoms with E-state index < -0.39 is 28.8 Å². The quantitative estimate of drug-likeness (QED) is 0.792. The summed E-state index contributed by atoms with van der Waals surface area (Å²) in [4.78, 5) is 15.8. The lowest BCUT2D eigenvalue weighted by Gasteiger charge is -2.06. The number of carbonyl (C=O) groups excluding carboxylic acids is 1. The van der Waals surface area contributed by atoms with Crippen molar-refractivity contribution in [3.63, 3.8) is 0 Å². The first-order valence-electron chi connectivity index (χ1n) is 6.07. The van der Waals surface area contributed by atoms with Crippen molar-refractivity contribution in [1.29, 1.82) is 0 Å². The Hall–Kier alpha value is -2.18. The number of benzene rings is 1. The molecule has 2 rings (SSSR count).